The van der Waals surface area contributed by atoms with Crippen LogP contribution >= 0.6 is 23.2 Å². The average Bonchev–Trinajstić information content (AvgIpc) is 3.10. The van der Waals surface area contributed by atoms with Gasteiger partial charge < -0.3 is 15.0 Å². The summed E-state index contributed by atoms with van der Waals surface area (Å²) in [5.41, 5.74) is 0.574. The molecule has 1 aromatic heterocycles. The second-order valence-corrected chi connectivity index (χ2v) is 8.10. The Balaban J connectivity index is 1.76. The third-order valence-corrected chi connectivity index (χ3v) is 6.30. The largest absolute Gasteiger partial charge is 0.379 e. The lowest BCUT2D eigenvalue weighted by atomic mass is 10.3. The summed E-state index contributed by atoms with van der Waals surface area (Å²) in [5, 5.41) is 3.31. The van der Waals surface area contributed by atoms with Gasteiger partial charge in [0.1, 0.15) is 10.6 Å². The molecule has 2 N–H and O–H groups in total. The number of benzene rings is 1. The highest BCUT2D eigenvalue weighted by Gasteiger charge is 2.28. The summed E-state index contributed by atoms with van der Waals surface area (Å²) in [4.78, 5) is 15.0. The minimum absolute atomic E-state index is 0.0358. The first-order chi connectivity index (χ1) is 11.9. The highest BCUT2D eigenvalue weighted by atomic mass is 35.5. The molecule has 1 saturated heterocycles. The zero-order valence-corrected chi connectivity index (χ0v) is 15.3. The molecule has 1 fully saturated rings. The number of rotatable bonds is 4. The number of halogens is 2. The maximum Gasteiger partial charge on any atom is 0.272 e. The van der Waals surface area contributed by atoms with E-state index in [0.29, 0.717) is 28.9 Å². The van der Waals surface area contributed by atoms with E-state index < -0.39 is 15.9 Å². The smallest absolute Gasteiger partial charge is 0.272 e. The van der Waals surface area contributed by atoms with E-state index in [-0.39, 0.29) is 23.7 Å². The van der Waals surface area contributed by atoms with E-state index in [1.165, 1.54) is 22.6 Å². The lowest BCUT2D eigenvalue weighted by molar-refractivity contribution is 0.0730. The third-order valence-electron chi connectivity index (χ3n) is 3.69. The summed E-state index contributed by atoms with van der Waals surface area (Å²) < 4.78 is 31.6. The molecule has 1 aliphatic rings. The molecule has 0 saturated carbocycles. The number of anilines is 1. The highest BCUT2D eigenvalue weighted by Crippen LogP contribution is 2.25. The summed E-state index contributed by atoms with van der Waals surface area (Å²) in [6, 6.07) is 5.97. The van der Waals surface area contributed by atoms with Gasteiger partial charge >= 0.3 is 0 Å². The molecule has 0 bridgehead atoms. The van der Waals surface area contributed by atoms with E-state index in [4.69, 9.17) is 27.9 Å². The SMILES string of the molecule is O=C(Nc1ccc(Cl)c(Cl)c1)c1cc(S(=O)(=O)N2CCOCC2)c[nH]1. The number of hydrogen-bond donors (Lipinski definition) is 2. The quantitative estimate of drug-likeness (QED) is 0.820. The molecule has 0 atom stereocenters. The van der Waals surface area contributed by atoms with Crippen molar-refractivity contribution in [3.8, 4) is 0 Å². The fourth-order valence-electron chi connectivity index (χ4n) is 2.36. The summed E-state index contributed by atoms with van der Waals surface area (Å²) >= 11 is 11.7. The lowest BCUT2D eigenvalue weighted by Crippen LogP contribution is -2.40. The van der Waals surface area contributed by atoms with Gasteiger partial charge in [0.2, 0.25) is 10.0 Å². The molecule has 2 heterocycles. The first-order valence-electron chi connectivity index (χ1n) is 7.40. The normalized spacial score (nSPS) is 15.9. The van der Waals surface area contributed by atoms with Crippen molar-refractivity contribution in [2.45, 2.75) is 4.90 Å². The van der Waals surface area contributed by atoms with Crippen molar-refractivity contribution in [1.82, 2.24) is 9.29 Å². The van der Waals surface area contributed by atoms with Crippen molar-refractivity contribution in [3.63, 3.8) is 0 Å². The molecular weight excluding hydrogens is 389 g/mol. The summed E-state index contributed by atoms with van der Waals surface area (Å²) in [7, 11) is -3.66. The van der Waals surface area contributed by atoms with E-state index in [0.717, 1.165) is 0 Å². The minimum atomic E-state index is -3.66. The first-order valence-corrected chi connectivity index (χ1v) is 9.60. The number of morpholine rings is 1. The monoisotopic (exact) mass is 403 g/mol. The predicted octanol–water partition coefficient (Wildman–Crippen LogP) is 2.59. The van der Waals surface area contributed by atoms with E-state index >= 15 is 0 Å². The number of ether oxygens (including phenoxy) is 1. The molecule has 25 heavy (non-hydrogen) atoms. The fraction of sp³-hybridized carbons (Fsp3) is 0.267. The van der Waals surface area contributed by atoms with Gasteiger partial charge in [-0.3, -0.25) is 4.79 Å². The number of carbonyl (C=O) groups excluding carboxylic acids is 1. The molecule has 0 radical (unpaired) electrons. The van der Waals surface area contributed by atoms with Crippen molar-refractivity contribution in [2.75, 3.05) is 31.6 Å². The lowest BCUT2D eigenvalue weighted by Gasteiger charge is -2.25. The molecular formula is C15H15Cl2N3O4S. The number of H-pyrrole nitrogens is 1. The molecule has 3 rings (SSSR count). The van der Waals surface area contributed by atoms with Crippen molar-refractivity contribution < 1.29 is 17.9 Å². The van der Waals surface area contributed by atoms with E-state index in [2.05, 4.69) is 10.3 Å². The third kappa shape index (κ3) is 3.99. The van der Waals surface area contributed by atoms with Gasteiger partial charge in [0.05, 0.1) is 23.3 Å². The van der Waals surface area contributed by atoms with Crippen molar-refractivity contribution >= 4 is 44.8 Å². The second kappa shape index (κ2) is 7.35. The molecule has 134 valence electrons. The molecule has 10 heteroatoms. The number of aromatic amines is 1. The molecule has 0 unspecified atom stereocenters. The van der Waals surface area contributed by atoms with Crippen LogP contribution in [-0.2, 0) is 14.8 Å². The fourth-order valence-corrected chi connectivity index (χ4v) is 4.06. The Kier molecular flexibility index (Phi) is 5.35. The Morgan fingerprint density at radius 2 is 1.88 bits per heavy atom. The van der Waals surface area contributed by atoms with Gasteiger partial charge in [-0.05, 0) is 24.3 Å². The Morgan fingerprint density at radius 3 is 2.56 bits per heavy atom. The average molecular weight is 404 g/mol. The van der Waals surface area contributed by atoms with Crippen molar-refractivity contribution in [3.05, 3.63) is 46.2 Å². The minimum Gasteiger partial charge on any atom is -0.379 e. The molecule has 7 nitrogen and oxygen atoms in total. The number of amides is 1. The van der Waals surface area contributed by atoms with Crippen LogP contribution in [0, 0.1) is 0 Å². The zero-order valence-electron chi connectivity index (χ0n) is 13.0. The molecule has 0 spiro atoms. The van der Waals surface area contributed by atoms with Gasteiger partial charge in [-0.1, -0.05) is 23.2 Å². The van der Waals surface area contributed by atoms with E-state index in [1.807, 2.05) is 0 Å². The molecule has 0 aliphatic carbocycles. The molecule has 1 aromatic carbocycles. The summed E-state index contributed by atoms with van der Waals surface area (Å²) in [5.74, 6) is -0.484. The van der Waals surface area contributed by atoms with Gasteiger partial charge in [0.25, 0.3) is 5.91 Å². The predicted molar refractivity (Wildman–Crippen MR) is 94.8 cm³/mol. The van der Waals surface area contributed by atoms with E-state index in [1.54, 1.807) is 12.1 Å². The van der Waals surface area contributed by atoms with Gasteiger partial charge in [-0.2, -0.15) is 4.31 Å². The van der Waals surface area contributed by atoms with Crippen LogP contribution in [0.3, 0.4) is 0 Å². The van der Waals surface area contributed by atoms with Crippen LogP contribution in [0.2, 0.25) is 10.0 Å². The maximum absolute atomic E-state index is 12.6. The Morgan fingerprint density at radius 1 is 1.16 bits per heavy atom. The summed E-state index contributed by atoms with van der Waals surface area (Å²) in [6.07, 6.45) is 1.30. The topological polar surface area (TPSA) is 91.5 Å². The van der Waals surface area contributed by atoms with Crippen molar-refractivity contribution in [1.29, 1.82) is 0 Å². The maximum atomic E-state index is 12.6. The zero-order chi connectivity index (χ0) is 18.0. The number of nitrogens with zero attached hydrogens (tertiary/aromatic N) is 1. The van der Waals surface area contributed by atoms with Crippen molar-refractivity contribution in [2.24, 2.45) is 0 Å². The standard InChI is InChI=1S/C15H15Cl2N3O4S/c16-12-2-1-10(7-13(12)17)19-15(21)14-8-11(9-18-14)25(22,23)20-3-5-24-6-4-20/h1-2,7-9,18H,3-6H2,(H,19,21). The Bertz CT molecular complexity index is 892. The number of sulfonamides is 1. The van der Waals surface area contributed by atoms with Crippen LogP contribution < -0.4 is 5.32 Å². The van der Waals surface area contributed by atoms with Crippen LogP contribution in [0.4, 0.5) is 5.69 Å². The molecule has 1 amide bonds. The van der Waals surface area contributed by atoms with Crippen LogP contribution in [0.5, 0.6) is 0 Å². The van der Waals surface area contributed by atoms with Crippen LogP contribution in [0.25, 0.3) is 0 Å². The first kappa shape index (κ1) is 18.2. The second-order valence-electron chi connectivity index (χ2n) is 5.35. The Labute approximate surface area is 154 Å². The molecule has 1 aliphatic heterocycles. The van der Waals surface area contributed by atoms with Crippen LogP contribution in [0.15, 0.2) is 35.4 Å². The molecule has 2 aromatic rings. The van der Waals surface area contributed by atoms with Gasteiger partial charge in [-0.25, -0.2) is 8.42 Å². The van der Waals surface area contributed by atoms with Gasteiger partial charge in [-0.15, -0.1) is 0 Å². The van der Waals surface area contributed by atoms with Crippen LogP contribution in [0.1, 0.15) is 10.5 Å². The number of hydrogen-bond acceptors (Lipinski definition) is 4. The van der Waals surface area contributed by atoms with Crippen LogP contribution in [-0.4, -0.2) is 49.9 Å². The van der Waals surface area contributed by atoms with E-state index in [9.17, 15) is 13.2 Å². The van der Waals surface area contributed by atoms with Gasteiger partial charge in [0, 0.05) is 25.0 Å². The highest BCUT2D eigenvalue weighted by molar-refractivity contribution is 7.89. The summed E-state index contributed by atoms with van der Waals surface area (Å²) in [6.45, 7) is 1.29. The number of aromatic nitrogens is 1. The number of nitrogens with one attached hydrogen (secondary N) is 2. The van der Waals surface area contributed by atoms with Gasteiger partial charge in [0.15, 0.2) is 0 Å². The number of carbonyl (C=O) groups is 1. The Hall–Kier alpha value is -1.58.